The molecule has 0 unspecified atom stereocenters. The van der Waals surface area contributed by atoms with Crippen molar-refractivity contribution in [1.82, 2.24) is 15.6 Å². The number of nitrogens with one attached hydrogen (secondary N) is 2. The van der Waals surface area contributed by atoms with Crippen molar-refractivity contribution in [3.8, 4) is 17.0 Å². The van der Waals surface area contributed by atoms with Crippen LogP contribution in [0.2, 0.25) is 0 Å². The van der Waals surface area contributed by atoms with Crippen molar-refractivity contribution in [2.24, 2.45) is 5.10 Å². The molecule has 0 aliphatic carbocycles. The Morgan fingerprint density at radius 3 is 2.52 bits per heavy atom. The van der Waals surface area contributed by atoms with Gasteiger partial charge < -0.3 is 5.11 Å². The molecule has 0 radical (unpaired) electrons. The van der Waals surface area contributed by atoms with Crippen LogP contribution in [-0.2, 0) is 0 Å². The first-order chi connectivity index (χ1) is 12.0. The minimum absolute atomic E-state index is 0.159. The molecule has 2 aromatic carbocycles. The Labute approximate surface area is 143 Å². The van der Waals surface area contributed by atoms with Gasteiger partial charge in [0.15, 0.2) is 0 Å². The smallest absolute Gasteiger partial charge is 0.289 e. The van der Waals surface area contributed by atoms with E-state index in [2.05, 4.69) is 20.7 Å². The predicted octanol–water partition coefficient (Wildman–Crippen LogP) is 3.08. The fourth-order valence-corrected chi connectivity index (χ4v) is 2.17. The quantitative estimate of drug-likeness (QED) is 0.504. The second-order valence-corrected chi connectivity index (χ2v) is 5.36. The first kappa shape index (κ1) is 16.4. The van der Waals surface area contributed by atoms with Crippen LogP contribution in [0, 0.1) is 5.82 Å². The van der Waals surface area contributed by atoms with Crippen LogP contribution in [0.4, 0.5) is 4.39 Å². The molecule has 25 heavy (non-hydrogen) atoms. The summed E-state index contributed by atoms with van der Waals surface area (Å²) in [5.41, 5.74) is 5.27. The van der Waals surface area contributed by atoms with Gasteiger partial charge >= 0.3 is 0 Å². The molecule has 1 amide bonds. The number of rotatable bonds is 4. The molecule has 0 aliphatic heterocycles. The van der Waals surface area contributed by atoms with Crippen molar-refractivity contribution >= 4 is 11.6 Å². The van der Waals surface area contributed by atoms with Gasteiger partial charge in [0.05, 0.1) is 11.4 Å². The summed E-state index contributed by atoms with van der Waals surface area (Å²) < 4.78 is 13.0. The van der Waals surface area contributed by atoms with Crippen LogP contribution in [0.1, 0.15) is 23.0 Å². The topological polar surface area (TPSA) is 90.4 Å². The predicted molar refractivity (Wildman–Crippen MR) is 91.8 cm³/mol. The maximum atomic E-state index is 13.0. The second kappa shape index (κ2) is 6.96. The maximum absolute atomic E-state index is 13.0. The number of aromatic hydroxyl groups is 1. The normalized spacial score (nSPS) is 11.4. The zero-order chi connectivity index (χ0) is 17.8. The maximum Gasteiger partial charge on any atom is 0.289 e. The molecule has 0 saturated carbocycles. The van der Waals surface area contributed by atoms with E-state index in [-0.39, 0.29) is 17.3 Å². The summed E-state index contributed by atoms with van der Waals surface area (Å²) in [7, 11) is 0. The third-order valence-corrected chi connectivity index (χ3v) is 3.57. The molecule has 0 atom stereocenters. The largest absolute Gasteiger partial charge is 0.508 e. The number of phenolic OH excluding ortho intramolecular Hbond substituents is 1. The summed E-state index contributed by atoms with van der Waals surface area (Å²) in [6.07, 6.45) is 0. The SMILES string of the molecule is C/C(=N\NC(=O)c1cc(-c2ccc(F)cc2)n[nH]1)c1ccc(O)cc1. The highest BCUT2D eigenvalue weighted by Gasteiger charge is 2.11. The average molecular weight is 338 g/mol. The second-order valence-electron chi connectivity index (χ2n) is 5.36. The zero-order valence-corrected chi connectivity index (χ0v) is 13.3. The van der Waals surface area contributed by atoms with E-state index in [1.807, 2.05) is 0 Å². The molecular weight excluding hydrogens is 323 g/mol. The summed E-state index contributed by atoms with van der Waals surface area (Å²) in [5, 5.41) is 20.0. The van der Waals surface area contributed by atoms with Gasteiger partial charge in [-0.2, -0.15) is 10.2 Å². The van der Waals surface area contributed by atoms with E-state index in [0.717, 1.165) is 5.56 Å². The van der Waals surface area contributed by atoms with E-state index >= 15 is 0 Å². The van der Waals surface area contributed by atoms with Crippen LogP contribution in [0.15, 0.2) is 59.7 Å². The Hall–Kier alpha value is -3.48. The first-order valence-corrected chi connectivity index (χ1v) is 7.48. The first-order valence-electron chi connectivity index (χ1n) is 7.48. The van der Waals surface area contributed by atoms with Gasteiger partial charge in [-0.05, 0) is 67.1 Å². The summed E-state index contributed by atoms with van der Waals surface area (Å²) in [6, 6.07) is 13.9. The number of H-pyrrole nitrogens is 1. The number of carbonyl (C=O) groups is 1. The highest BCUT2D eigenvalue weighted by atomic mass is 19.1. The van der Waals surface area contributed by atoms with E-state index in [9.17, 15) is 14.3 Å². The highest BCUT2D eigenvalue weighted by Crippen LogP contribution is 2.18. The van der Waals surface area contributed by atoms with Crippen LogP contribution in [0.3, 0.4) is 0 Å². The molecule has 0 fully saturated rings. The van der Waals surface area contributed by atoms with Crippen LogP contribution in [0.5, 0.6) is 5.75 Å². The number of carbonyl (C=O) groups excluding carboxylic acids is 1. The van der Waals surface area contributed by atoms with Crippen LogP contribution < -0.4 is 5.43 Å². The standard InChI is InChI=1S/C18H15FN4O2/c1-11(12-4-8-15(24)9-5-12)20-23-18(25)17-10-16(21-22-17)13-2-6-14(19)7-3-13/h2-10,24H,1H3,(H,21,22)(H,23,25)/b20-11+. The monoisotopic (exact) mass is 338 g/mol. The molecule has 1 aromatic heterocycles. The van der Waals surface area contributed by atoms with Gasteiger partial charge in [-0.1, -0.05) is 0 Å². The van der Waals surface area contributed by atoms with Crippen molar-refractivity contribution in [3.63, 3.8) is 0 Å². The number of hydrazone groups is 1. The van der Waals surface area contributed by atoms with Gasteiger partial charge in [0.1, 0.15) is 17.3 Å². The van der Waals surface area contributed by atoms with Crippen molar-refractivity contribution < 1.29 is 14.3 Å². The summed E-state index contributed by atoms with van der Waals surface area (Å²) in [6.45, 7) is 1.74. The van der Waals surface area contributed by atoms with Gasteiger partial charge in [-0.25, -0.2) is 9.82 Å². The molecule has 0 saturated heterocycles. The minimum Gasteiger partial charge on any atom is -0.508 e. The zero-order valence-electron chi connectivity index (χ0n) is 13.3. The van der Waals surface area contributed by atoms with Crippen molar-refractivity contribution in [3.05, 3.63) is 71.7 Å². The molecule has 0 aliphatic rings. The van der Waals surface area contributed by atoms with Crippen LogP contribution in [-0.4, -0.2) is 26.9 Å². The Balaban J connectivity index is 1.70. The fourth-order valence-electron chi connectivity index (χ4n) is 2.17. The van der Waals surface area contributed by atoms with Gasteiger partial charge in [-0.15, -0.1) is 0 Å². The van der Waals surface area contributed by atoms with Crippen molar-refractivity contribution in [2.45, 2.75) is 6.92 Å². The molecule has 126 valence electrons. The van der Waals surface area contributed by atoms with Crippen LogP contribution in [0.25, 0.3) is 11.3 Å². The number of hydrogen-bond donors (Lipinski definition) is 3. The third-order valence-electron chi connectivity index (χ3n) is 3.57. The Morgan fingerprint density at radius 1 is 1.16 bits per heavy atom. The van der Waals surface area contributed by atoms with E-state index in [0.29, 0.717) is 17.0 Å². The number of halogens is 1. The summed E-state index contributed by atoms with van der Waals surface area (Å²) in [5.74, 6) is -0.623. The third kappa shape index (κ3) is 3.89. The summed E-state index contributed by atoms with van der Waals surface area (Å²) in [4.78, 5) is 12.1. The number of aromatic nitrogens is 2. The summed E-state index contributed by atoms with van der Waals surface area (Å²) >= 11 is 0. The molecule has 7 heteroatoms. The molecule has 0 spiro atoms. The lowest BCUT2D eigenvalue weighted by atomic mass is 10.1. The Kier molecular flexibility index (Phi) is 4.56. The van der Waals surface area contributed by atoms with Crippen molar-refractivity contribution in [1.29, 1.82) is 0 Å². The molecule has 0 bridgehead atoms. The molecule has 6 nitrogen and oxygen atoms in total. The molecular formula is C18H15FN4O2. The Bertz CT molecular complexity index is 915. The van der Waals surface area contributed by atoms with Crippen molar-refractivity contribution in [2.75, 3.05) is 0 Å². The molecule has 1 heterocycles. The number of nitrogens with zero attached hydrogens (tertiary/aromatic N) is 2. The van der Waals surface area contributed by atoms with E-state index in [1.165, 1.54) is 12.1 Å². The molecule has 3 aromatic rings. The fraction of sp³-hybridized carbons (Fsp3) is 0.0556. The number of aromatic amines is 1. The number of phenols is 1. The lowest BCUT2D eigenvalue weighted by Crippen LogP contribution is -2.19. The van der Waals surface area contributed by atoms with Gasteiger partial charge in [0.25, 0.3) is 5.91 Å². The minimum atomic E-state index is -0.445. The number of hydrogen-bond acceptors (Lipinski definition) is 4. The van der Waals surface area contributed by atoms with Gasteiger partial charge in [0, 0.05) is 5.56 Å². The Morgan fingerprint density at radius 2 is 1.84 bits per heavy atom. The van der Waals surface area contributed by atoms with E-state index in [1.54, 1.807) is 49.4 Å². The molecule has 3 rings (SSSR count). The van der Waals surface area contributed by atoms with E-state index in [4.69, 9.17) is 0 Å². The number of benzene rings is 2. The van der Waals surface area contributed by atoms with Crippen LogP contribution >= 0.6 is 0 Å². The molecule has 3 N–H and O–H groups in total. The lowest BCUT2D eigenvalue weighted by molar-refractivity contribution is 0.0950. The van der Waals surface area contributed by atoms with E-state index < -0.39 is 5.91 Å². The van der Waals surface area contributed by atoms with Gasteiger partial charge in [-0.3, -0.25) is 9.89 Å². The average Bonchev–Trinajstić information content (AvgIpc) is 3.11. The highest BCUT2D eigenvalue weighted by molar-refractivity contribution is 6.00. The number of amides is 1. The lowest BCUT2D eigenvalue weighted by Gasteiger charge is -2.02. The van der Waals surface area contributed by atoms with Gasteiger partial charge in [0.2, 0.25) is 0 Å².